The van der Waals surface area contributed by atoms with Crippen LogP contribution in [0.2, 0.25) is 0 Å². The van der Waals surface area contributed by atoms with Crippen LogP contribution in [-0.2, 0) is 9.53 Å². The van der Waals surface area contributed by atoms with Crippen LogP contribution in [0.15, 0.2) is 48.5 Å². The van der Waals surface area contributed by atoms with E-state index in [4.69, 9.17) is 9.72 Å². The number of benzene rings is 2. The van der Waals surface area contributed by atoms with Gasteiger partial charge in [-0.1, -0.05) is 31.4 Å². The molecule has 0 unspecified atom stereocenters. The van der Waals surface area contributed by atoms with Gasteiger partial charge in [-0.2, -0.15) is 0 Å². The molecule has 8 heteroatoms. The van der Waals surface area contributed by atoms with E-state index in [1.54, 1.807) is 34.5 Å². The summed E-state index contributed by atoms with van der Waals surface area (Å²) in [4.78, 5) is 37.6. The zero-order chi connectivity index (χ0) is 29.2. The quantitative estimate of drug-likeness (QED) is 0.241. The number of rotatable bonds is 6. The molecule has 1 N–H and O–H groups in total. The minimum atomic E-state index is -0.961. The Kier molecular flexibility index (Phi) is 8.18. The zero-order valence-electron chi connectivity index (χ0n) is 24.1. The minimum absolute atomic E-state index is 0.0898. The van der Waals surface area contributed by atoms with Gasteiger partial charge in [0, 0.05) is 24.6 Å². The topological polar surface area (TPSA) is 92.6 Å². The lowest BCUT2D eigenvalue weighted by atomic mass is 9.78. The lowest BCUT2D eigenvalue weighted by Gasteiger charge is -2.27. The van der Waals surface area contributed by atoms with Gasteiger partial charge >= 0.3 is 5.97 Å². The van der Waals surface area contributed by atoms with E-state index in [-0.39, 0.29) is 17.4 Å². The summed E-state index contributed by atoms with van der Waals surface area (Å²) in [7, 11) is 0. The summed E-state index contributed by atoms with van der Waals surface area (Å²) in [6.45, 7) is 6.19. The Morgan fingerprint density at radius 3 is 2.50 bits per heavy atom. The average molecular weight is 582 g/mol. The highest BCUT2D eigenvalue weighted by Gasteiger charge is 2.24. The Labute approximate surface area is 249 Å². The Morgan fingerprint density at radius 2 is 1.79 bits per heavy atom. The normalized spacial score (nSPS) is 16.4. The summed E-state index contributed by atoms with van der Waals surface area (Å²) in [6, 6.07) is 14.0. The SMILES string of the molecule is Cc1nc(C)c(-c2ccc3cc(-c4c(/C=C/C(=O)N5CCOCC5)cc(C(=O)O)cc4C4CCCCC4)ccc3n2)s1. The lowest BCUT2D eigenvalue weighted by Crippen LogP contribution is -2.39. The number of aromatic nitrogens is 2. The molecule has 1 aliphatic carbocycles. The van der Waals surface area contributed by atoms with Crippen molar-refractivity contribution < 1.29 is 19.4 Å². The van der Waals surface area contributed by atoms with Crippen molar-refractivity contribution in [2.75, 3.05) is 26.3 Å². The van der Waals surface area contributed by atoms with Crippen LogP contribution in [-0.4, -0.2) is 58.2 Å². The Bertz CT molecular complexity index is 1680. The number of carboxylic acids is 1. The van der Waals surface area contributed by atoms with Gasteiger partial charge < -0.3 is 14.7 Å². The first-order valence-electron chi connectivity index (χ1n) is 14.7. The lowest BCUT2D eigenvalue weighted by molar-refractivity contribution is -0.129. The van der Waals surface area contributed by atoms with Crippen LogP contribution >= 0.6 is 11.3 Å². The van der Waals surface area contributed by atoms with Gasteiger partial charge in [0.2, 0.25) is 5.91 Å². The Balaban J connectivity index is 1.46. The number of amides is 1. The van der Waals surface area contributed by atoms with Gasteiger partial charge in [0.1, 0.15) is 0 Å². The Hall–Kier alpha value is -3.88. The van der Waals surface area contributed by atoms with Crippen LogP contribution < -0.4 is 0 Å². The first-order chi connectivity index (χ1) is 20.4. The van der Waals surface area contributed by atoms with E-state index in [0.717, 1.165) is 80.1 Å². The van der Waals surface area contributed by atoms with E-state index in [0.29, 0.717) is 26.3 Å². The maximum atomic E-state index is 13.0. The maximum absolute atomic E-state index is 13.0. The van der Waals surface area contributed by atoms with Crippen molar-refractivity contribution in [3.05, 3.63) is 75.9 Å². The fraction of sp³-hybridized carbons (Fsp3) is 0.353. The fourth-order valence-corrected chi connectivity index (χ4v) is 7.13. The molecule has 4 aromatic rings. The van der Waals surface area contributed by atoms with Gasteiger partial charge in [-0.3, -0.25) is 4.79 Å². The number of hydrogen-bond acceptors (Lipinski definition) is 6. The predicted molar refractivity (Wildman–Crippen MR) is 167 cm³/mol. The molecule has 2 aromatic heterocycles. The summed E-state index contributed by atoms with van der Waals surface area (Å²) in [6.07, 6.45) is 8.89. The number of nitrogens with zero attached hydrogens (tertiary/aromatic N) is 3. The molecule has 6 rings (SSSR count). The van der Waals surface area contributed by atoms with Crippen molar-refractivity contribution in [1.29, 1.82) is 0 Å². The molecule has 42 heavy (non-hydrogen) atoms. The highest BCUT2D eigenvalue weighted by molar-refractivity contribution is 7.15. The summed E-state index contributed by atoms with van der Waals surface area (Å²) < 4.78 is 5.40. The van der Waals surface area contributed by atoms with Crippen molar-refractivity contribution in [2.24, 2.45) is 0 Å². The van der Waals surface area contributed by atoms with Crippen molar-refractivity contribution in [3.8, 4) is 21.7 Å². The molecule has 1 amide bonds. The van der Waals surface area contributed by atoms with Gasteiger partial charge in [0.25, 0.3) is 0 Å². The van der Waals surface area contributed by atoms with Crippen LogP contribution in [0.3, 0.4) is 0 Å². The van der Waals surface area contributed by atoms with E-state index < -0.39 is 5.97 Å². The molecule has 2 aliphatic rings. The number of thiazole rings is 1. The zero-order valence-corrected chi connectivity index (χ0v) is 24.9. The summed E-state index contributed by atoms with van der Waals surface area (Å²) in [5, 5.41) is 12.1. The van der Waals surface area contributed by atoms with Gasteiger partial charge in [0.15, 0.2) is 0 Å². The molecular formula is C34H35N3O4S. The second-order valence-corrected chi connectivity index (χ2v) is 12.4. The van der Waals surface area contributed by atoms with Crippen LogP contribution in [0.5, 0.6) is 0 Å². The molecule has 216 valence electrons. The third kappa shape index (κ3) is 5.87. The molecular weight excluding hydrogens is 546 g/mol. The molecule has 0 spiro atoms. The van der Waals surface area contributed by atoms with Crippen molar-refractivity contribution in [1.82, 2.24) is 14.9 Å². The molecule has 0 atom stereocenters. The van der Waals surface area contributed by atoms with Crippen molar-refractivity contribution in [3.63, 3.8) is 0 Å². The number of carboxylic acid groups (broad SMARTS) is 1. The van der Waals surface area contributed by atoms with Crippen molar-refractivity contribution >= 4 is 40.2 Å². The van der Waals surface area contributed by atoms with Crippen LogP contribution in [0, 0.1) is 13.8 Å². The molecule has 0 radical (unpaired) electrons. The molecule has 0 bridgehead atoms. The molecule has 1 saturated heterocycles. The minimum Gasteiger partial charge on any atom is -0.478 e. The van der Waals surface area contributed by atoms with Crippen LogP contribution in [0.4, 0.5) is 0 Å². The number of morpholine rings is 1. The first-order valence-corrected chi connectivity index (χ1v) is 15.5. The number of carbonyl (C=O) groups is 2. The smallest absolute Gasteiger partial charge is 0.335 e. The Morgan fingerprint density at radius 1 is 1.00 bits per heavy atom. The molecule has 2 aromatic carbocycles. The van der Waals surface area contributed by atoms with Crippen LogP contribution in [0.1, 0.15) is 70.2 Å². The summed E-state index contributed by atoms with van der Waals surface area (Å²) in [5.74, 6) is -0.784. The van der Waals surface area contributed by atoms with E-state index in [9.17, 15) is 14.7 Å². The highest BCUT2D eigenvalue weighted by Crippen LogP contribution is 2.42. The predicted octanol–water partition coefficient (Wildman–Crippen LogP) is 7.26. The van der Waals surface area contributed by atoms with E-state index in [2.05, 4.69) is 23.2 Å². The number of ether oxygens (including phenoxy) is 1. The molecule has 1 aliphatic heterocycles. The van der Waals surface area contributed by atoms with Gasteiger partial charge in [-0.25, -0.2) is 14.8 Å². The van der Waals surface area contributed by atoms with E-state index >= 15 is 0 Å². The largest absolute Gasteiger partial charge is 0.478 e. The molecule has 7 nitrogen and oxygen atoms in total. The van der Waals surface area contributed by atoms with Crippen LogP contribution in [0.25, 0.3) is 38.7 Å². The molecule has 2 fully saturated rings. The first kappa shape index (κ1) is 28.2. The van der Waals surface area contributed by atoms with E-state index in [1.807, 2.05) is 32.0 Å². The van der Waals surface area contributed by atoms with E-state index in [1.165, 1.54) is 6.42 Å². The number of fused-ring (bicyclic) bond motifs is 1. The summed E-state index contributed by atoms with van der Waals surface area (Å²) in [5.41, 5.74) is 6.83. The van der Waals surface area contributed by atoms with Gasteiger partial charge in [-0.15, -0.1) is 11.3 Å². The average Bonchev–Trinajstić information content (AvgIpc) is 3.37. The number of carbonyl (C=O) groups excluding carboxylic acids is 1. The third-order valence-electron chi connectivity index (χ3n) is 8.33. The monoisotopic (exact) mass is 581 g/mol. The second-order valence-electron chi connectivity index (χ2n) is 11.2. The van der Waals surface area contributed by atoms with Gasteiger partial charge in [0.05, 0.1) is 45.6 Å². The second kappa shape index (κ2) is 12.2. The summed E-state index contributed by atoms with van der Waals surface area (Å²) >= 11 is 1.65. The number of pyridine rings is 1. The molecule has 3 heterocycles. The number of aryl methyl sites for hydroxylation is 2. The number of aromatic carboxylic acids is 1. The highest BCUT2D eigenvalue weighted by atomic mass is 32.1. The molecule has 1 saturated carbocycles. The number of hydrogen-bond donors (Lipinski definition) is 1. The van der Waals surface area contributed by atoms with Gasteiger partial charge in [-0.05, 0) is 91.3 Å². The van der Waals surface area contributed by atoms with Crippen molar-refractivity contribution in [2.45, 2.75) is 51.9 Å². The third-order valence-corrected chi connectivity index (χ3v) is 9.43. The fourth-order valence-electron chi connectivity index (χ4n) is 6.24. The standard InChI is InChI=1S/C34H35N3O4S/c1-21-33(42-22(2)35-21)30-12-8-24-18-25(9-11-29(24)36-30)32-26(10-13-31(38)37-14-16-41-17-15-37)19-27(34(39)40)20-28(32)23-6-4-3-5-7-23/h8-13,18-20,23H,3-7,14-17H2,1-2H3,(H,39,40)/b13-10+. The maximum Gasteiger partial charge on any atom is 0.335 e.